The summed E-state index contributed by atoms with van der Waals surface area (Å²) in [6.07, 6.45) is 0.879. The molecule has 0 aromatic heterocycles. The van der Waals surface area contributed by atoms with Crippen molar-refractivity contribution in [2.45, 2.75) is 19.3 Å². The summed E-state index contributed by atoms with van der Waals surface area (Å²) in [5.74, 6) is -0.0886. The molecule has 0 bridgehead atoms. The van der Waals surface area contributed by atoms with Crippen LogP contribution >= 0.6 is 22.6 Å². The zero-order valence-electron chi connectivity index (χ0n) is 10.4. The van der Waals surface area contributed by atoms with E-state index in [9.17, 15) is 4.79 Å². The van der Waals surface area contributed by atoms with E-state index in [0.29, 0.717) is 19.8 Å². The number of carbonyl (C=O) groups excluding carboxylic acids is 1. The van der Waals surface area contributed by atoms with Crippen LogP contribution in [0.5, 0.6) is 0 Å². The minimum absolute atomic E-state index is 0.138. The molecule has 0 aliphatic carbocycles. The third kappa shape index (κ3) is 3.23. The van der Waals surface area contributed by atoms with Crippen molar-refractivity contribution in [1.82, 2.24) is 0 Å². The summed E-state index contributed by atoms with van der Waals surface area (Å²) in [4.78, 5) is 11.9. The zero-order valence-corrected chi connectivity index (χ0v) is 12.6. The molecule has 1 fully saturated rings. The van der Waals surface area contributed by atoms with Crippen LogP contribution in [0, 0.1) is 9.49 Å². The maximum absolute atomic E-state index is 11.9. The van der Waals surface area contributed by atoms with E-state index in [0.717, 1.165) is 6.42 Å². The van der Waals surface area contributed by atoms with Crippen LogP contribution in [0.3, 0.4) is 0 Å². The first kappa shape index (κ1) is 13.8. The van der Waals surface area contributed by atoms with Gasteiger partial charge in [0.1, 0.15) is 0 Å². The molecule has 0 radical (unpaired) electrons. The summed E-state index contributed by atoms with van der Waals surface area (Å²) >= 11 is 2.28. The first-order valence-electron chi connectivity index (χ1n) is 6.22. The summed E-state index contributed by atoms with van der Waals surface area (Å²) in [5, 5.41) is 0. The molecule has 1 aliphatic rings. The number of ether oxygens (including phenoxy) is 2. The highest BCUT2D eigenvalue weighted by Gasteiger charge is 2.33. The topological polar surface area (TPSA) is 35.5 Å². The van der Waals surface area contributed by atoms with Gasteiger partial charge in [0.15, 0.2) is 0 Å². The molecule has 0 spiro atoms. The Labute approximate surface area is 121 Å². The second kappa shape index (κ2) is 6.52. The van der Waals surface area contributed by atoms with Crippen LogP contribution in [-0.2, 0) is 14.3 Å². The maximum Gasteiger partial charge on any atom is 0.311 e. The molecule has 4 heteroatoms. The Kier molecular flexibility index (Phi) is 5.00. The molecule has 3 nitrogen and oxygen atoms in total. The van der Waals surface area contributed by atoms with Gasteiger partial charge in [0, 0.05) is 16.1 Å². The van der Waals surface area contributed by atoms with Crippen LogP contribution < -0.4 is 0 Å². The van der Waals surface area contributed by atoms with Crippen LogP contribution in [0.1, 0.15) is 24.8 Å². The summed E-state index contributed by atoms with van der Waals surface area (Å²) in [7, 11) is 0. The fourth-order valence-corrected chi connectivity index (χ4v) is 2.69. The Morgan fingerprint density at radius 3 is 2.83 bits per heavy atom. The first-order valence-corrected chi connectivity index (χ1v) is 7.30. The average molecular weight is 360 g/mol. The van der Waals surface area contributed by atoms with Gasteiger partial charge in [-0.25, -0.2) is 0 Å². The van der Waals surface area contributed by atoms with Gasteiger partial charge in [-0.05, 0) is 53.6 Å². The first-order chi connectivity index (χ1) is 8.72. The highest BCUT2D eigenvalue weighted by molar-refractivity contribution is 14.1. The second-order valence-corrected chi connectivity index (χ2v) is 5.63. The van der Waals surface area contributed by atoms with Crippen molar-refractivity contribution >= 4 is 28.6 Å². The van der Waals surface area contributed by atoms with E-state index in [1.807, 2.05) is 6.92 Å². The third-order valence-electron chi connectivity index (χ3n) is 3.24. The number of halogens is 1. The molecule has 2 atom stereocenters. The Morgan fingerprint density at radius 2 is 2.17 bits per heavy atom. The molecule has 2 rings (SSSR count). The lowest BCUT2D eigenvalue weighted by atomic mass is 9.83. The molecule has 2 unspecified atom stereocenters. The number of carbonyl (C=O) groups is 1. The van der Waals surface area contributed by atoms with Crippen molar-refractivity contribution in [3.8, 4) is 0 Å². The van der Waals surface area contributed by atoms with Gasteiger partial charge in [0.2, 0.25) is 0 Å². The van der Waals surface area contributed by atoms with Gasteiger partial charge in [-0.15, -0.1) is 0 Å². The minimum atomic E-state index is -0.168. The van der Waals surface area contributed by atoms with Crippen LogP contribution in [-0.4, -0.2) is 25.8 Å². The summed E-state index contributed by atoms with van der Waals surface area (Å²) in [6.45, 7) is 3.44. The van der Waals surface area contributed by atoms with Gasteiger partial charge in [0.25, 0.3) is 0 Å². The van der Waals surface area contributed by atoms with Gasteiger partial charge < -0.3 is 9.47 Å². The predicted octanol–water partition coefficient (Wildman–Crippen LogP) is 2.97. The fourth-order valence-electron chi connectivity index (χ4n) is 2.33. The molecule has 0 amide bonds. The Hall–Kier alpha value is -0.620. The van der Waals surface area contributed by atoms with Crippen LogP contribution in [0.4, 0.5) is 0 Å². The Morgan fingerprint density at radius 1 is 1.44 bits per heavy atom. The van der Waals surface area contributed by atoms with E-state index in [2.05, 4.69) is 46.9 Å². The molecule has 1 aliphatic heterocycles. The lowest BCUT2D eigenvalue weighted by Crippen LogP contribution is -2.33. The fraction of sp³-hybridized carbons (Fsp3) is 0.500. The summed E-state index contributed by atoms with van der Waals surface area (Å²) < 4.78 is 11.8. The van der Waals surface area contributed by atoms with E-state index < -0.39 is 0 Å². The van der Waals surface area contributed by atoms with Crippen LogP contribution in [0.2, 0.25) is 0 Å². The lowest BCUT2D eigenvalue weighted by molar-refractivity contribution is -0.153. The molecule has 0 saturated carbocycles. The summed E-state index contributed by atoms with van der Waals surface area (Å²) in [6, 6.07) is 8.36. The average Bonchev–Trinajstić information content (AvgIpc) is 2.40. The lowest BCUT2D eigenvalue weighted by Gasteiger charge is -2.30. The minimum Gasteiger partial charge on any atom is -0.466 e. The highest BCUT2D eigenvalue weighted by atomic mass is 127. The number of esters is 1. The number of rotatable bonds is 3. The van der Waals surface area contributed by atoms with Gasteiger partial charge in [0.05, 0.1) is 19.1 Å². The molecule has 1 saturated heterocycles. The van der Waals surface area contributed by atoms with E-state index in [-0.39, 0.29) is 17.8 Å². The molecule has 1 aromatic rings. The van der Waals surface area contributed by atoms with Crippen molar-refractivity contribution in [2.75, 3.05) is 19.8 Å². The molecular weight excluding hydrogens is 343 g/mol. The van der Waals surface area contributed by atoms with Gasteiger partial charge in [-0.1, -0.05) is 12.1 Å². The van der Waals surface area contributed by atoms with E-state index in [1.165, 1.54) is 9.13 Å². The Bertz CT molecular complexity index is 402. The van der Waals surface area contributed by atoms with Crippen molar-refractivity contribution < 1.29 is 14.3 Å². The molecule has 18 heavy (non-hydrogen) atoms. The monoisotopic (exact) mass is 360 g/mol. The van der Waals surface area contributed by atoms with Crippen molar-refractivity contribution in [2.24, 2.45) is 5.92 Å². The van der Waals surface area contributed by atoms with E-state index in [1.54, 1.807) is 0 Å². The SMILES string of the molecule is CCOC(=O)C1COCCC1c1ccc(I)cc1. The normalized spacial score (nSPS) is 23.7. The highest BCUT2D eigenvalue weighted by Crippen LogP contribution is 2.33. The predicted molar refractivity (Wildman–Crippen MR) is 77.5 cm³/mol. The molecule has 98 valence electrons. The van der Waals surface area contributed by atoms with Crippen LogP contribution in [0.25, 0.3) is 0 Å². The smallest absolute Gasteiger partial charge is 0.311 e. The van der Waals surface area contributed by atoms with Gasteiger partial charge in [-0.2, -0.15) is 0 Å². The van der Waals surface area contributed by atoms with Crippen LogP contribution in [0.15, 0.2) is 24.3 Å². The molecule has 0 N–H and O–H groups in total. The van der Waals surface area contributed by atoms with E-state index in [4.69, 9.17) is 9.47 Å². The maximum atomic E-state index is 11.9. The third-order valence-corrected chi connectivity index (χ3v) is 3.96. The van der Waals surface area contributed by atoms with Crippen molar-refractivity contribution in [1.29, 1.82) is 0 Å². The summed E-state index contributed by atoms with van der Waals surface area (Å²) in [5.41, 5.74) is 1.21. The zero-order chi connectivity index (χ0) is 13.0. The largest absolute Gasteiger partial charge is 0.466 e. The van der Waals surface area contributed by atoms with Crippen molar-refractivity contribution in [3.05, 3.63) is 33.4 Å². The quantitative estimate of drug-likeness (QED) is 0.614. The van der Waals surface area contributed by atoms with Gasteiger partial charge in [-0.3, -0.25) is 4.79 Å². The molecule has 1 aromatic carbocycles. The standard InChI is InChI=1S/C14H17IO3/c1-2-18-14(16)13-9-17-8-7-12(13)10-3-5-11(15)6-4-10/h3-6,12-13H,2,7-9H2,1H3. The van der Waals surface area contributed by atoms with Gasteiger partial charge >= 0.3 is 5.97 Å². The Balaban J connectivity index is 2.17. The number of hydrogen-bond acceptors (Lipinski definition) is 3. The number of benzene rings is 1. The second-order valence-electron chi connectivity index (χ2n) is 4.38. The van der Waals surface area contributed by atoms with E-state index >= 15 is 0 Å². The van der Waals surface area contributed by atoms with Crippen molar-refractivity contribution in [3.63, 3.8) is 0 Å². The number of hydrogen-bond donors (Lipinski definition) is 0. The molecule has 1 heterocycles. The molecular formula is C14H17IO3.